The molecule has 2 fully saturated rings. The van der Waals surface area contributed by atoms with E-state index in [1.165, 1.54) is 32.1 Å². The van der Waals surface area contributed by atoms with Crippen LogP contribution in [0.4, 0.5) is 0 Å². The minimum atomic E-state index is -0.263. The summed E-state index contributed by atoms with van der Waals surface area (Å²) in [6, 6.07) is 0.375. The van der Waals surface area contributed by atoms with E-state index in [1.54, 1.807) is 0 Å². The predicted molar refractivity (Wildman–Crippen MR) is 83.0 cm³/mol. The number of ether oxygens (including phenoxy) is 1. The first-order valence-corrected chi connectivity index (χ1v) is 7.90. The Morgan fingerprint density at radius 2 is 2.10 bits per heavy atom. The largest absolute Gasteiger partial charge is 0.364 e. The van der Waals surface area contributed by atoms with Gasteiger partial charge in [0.2, 0.25) is 5.91 Å². The monoisotopic (exact) mass is 304 g/mol. The van der Waals surface area contributed by atoms with Gasteiger partial charge in [0.15, 0.2) is 0 Å². The summed E-state index contributed by atoms with van der Waals surface area (Å²) < 4.78 is 5.66. The number of nitrogens with one attached hydrogen (secondary N) is 1. The minimum absolute atomic E-state index is 0. The number of carbonyl (C=O) groups is 1. The zero-order valence-corrected chi connectivity index (χ0v) is 13.3. The van der Waals surface area contributed by atoms with Crippen molar-refractivity contribution in [1.29, 1.82) is 0 Å². The summed E-state index contributed by atoms with van der Waals surface area (Å²) in [5.41, 5.74) is 5.58. The number of amides is 1. The highest BCUT2D eigenvalue weighted by atomic mass is 35.5. The van der Waals surface area contributed by atoms with Gasteiger partial charge in [-0.2, -0.15) is 0 Å². The topological polar surface area (TPSA) is 64.4 Å². The lowest BCUT2D eigenvalue weighted by atomic mass is 9.96. The number of halogens is 1. The molecule has 4 nitrogen and oxygen atoms in total. The van der Waals surface area contributed by atoms with Gasteiger partial charge in [-0.25, -0.2) is 0 Å². The first-order valence-electron chi connectivity index (χ1n) is 7.90. The van der Waals surface area contributed by atoms with Gasteiger partial charge in [-0.3, -0.25) is 4.79 Å². The lowest BCUT2D eigenvalue weighted by Crippen LogP contribution is -2.43. The summed E-state index contributed by atoms with van der Waals surface area (Å²) in [6.07, 6.45) is 8.95. The second-order valence-corrected chi connectivity index (χ2v) is 6.01. The predicted octanol–water partition coefficient (Wildman–Crippen LogP) is 2.39. The molecule has 5 heteroatoms. The molecule has 0 aromatic rings. The van der Waals surface area contributed by atoms with Crippen molar-refractivity contribution in [2.45, 2.75) is 76.5 Å². The third-order valence-corrected chi connectivity index (χ3v) is 4.58. The van der Waals surface area contributed by atoms with Gasteiger partial charge in [0, 0.05) is 12.6 Å². The molecule has 1 saturated heterocycles. The quantitative estimate of drug-likeness (QED) is 0.792. The summed E-state index contributed by atoms with van der Waals surface area (Å²) >= 11 is 0. The van der Waals surface area contributed by atoms with E-state index in [0.29, 0.717) is 18.5 Å². The van der Waals surface area contributed by atoms with Crippen LogP contribution in [0.25, 0.3) is 0 Å². The molecule has 2 rings (SSSR count). The maximum atomic E-state index is 12.2. The zero-order valence-electron chi connectivity index (χ0n) is 12.5. The number of carbonyl (C=O) groups excluding carboxylic acids is 1. The van der Waals surface area contributed by atoms with E-state index >= 15 is 0 Å². The summed E-state index contributed by atoms with van der Waals surface area (Å²) in [5.74, 6) is 0.764. The second kappa shape index (κ2) is 8.85. The average Bonchev–Trinajstić information content (AvgIpc) is 3.05. The number of hydrogen-bond donors (Lipinski definition) is 2. The Hall–Kier alpha value is -0.320. The summed E-state index contributed by atoms with van der Waals surface area (Å²) in [7, 11) is 0. The SMILES string of the molecule is CCCCC1CCCC1NC(=O)[C@@H]1CC[C@H](CN)O1.Cl. The van der Waals surface area contributed by atoms with Crippen LogP contribution in [-0.2, 0) is 9.53 Å². The molecular weight excluding hydrogens is 276 g/mol. The maximum Gasteiger partial charge on any atom is 0.249 e. The molecule has 1 amide bonds. The van der Waals surface area contributed by atoms with Crippen molar-refractivity contribution in [2.75, 3.05) is 6.54 Å². The van der Waals surface area contributed by atoms with E-state index < -0.39 is 0 Å². The van der Waals surface area contributed by atoms with Gasteiger partial charge in [-0.05, 0) is 38.0 Å². The molecule has 20 heavy (non-hydrogen) atoms. The van der Waals surface area contributed by atoms with Crippen LogP contribution in [0.1, 0.15) is 58.3 Å². The molecule has 1 saturated carbocycles. The van der Waals surface area contributed by atoms with Crippen molar-refractivity contribution in [1.82, 2.24) is 5.32 Å². The Balaban J connectivity index is 0.00000200. The fraction of sp³-hybridized carbons (Fsp3) is 0.933. The third kappa shape index (κ3) is 4.61. The highest BCUT2D eigenvalue weighted by Gasteiger charge is 2.34. The van der Waals surface area contributed by atoms with Gasteiger partial charge >= 0.3 is 0 Å². The van der Waals surface area contributed by atoms with E-state index in [1.807, 2.05) is 0 Å². The average molecular weight is 305 g/mol. The fourth-order valence-electron chi connectivity index (χ4n) is 3.39. The summed E-state index contributed by atoms with van der Waals surface area (Å²) in [6.45, 7) is 2.74. The Morgan fingerprint density at radius 1 is 1.30 bits per heavy atom. The van der Waals surface area contributed by atoms with Crippen molar-refractivity contribution < 1.29 is 9.53 Å². The second-order valence-electron chi connectivity index (χ2n) is 6.01. The molecule has 1 heterocycles. The van der Waals surface area contributed by atoms with Crippen LogP contribution < -0.4 is 11.1 Å². The Bertz CT molecular complexity index is 302. The molecule has 4 atom stereocenters. The first kappa shape index (κ1) is 17.7. The highest BCUT2D eigenvalue weighted by molar-refractivity contribution is 5.85. The molecule has 2 aliphatic rings. The maximum absolute atomic E-state index is 12.2. The Labute approximate surface area is 128 Å². The van der Waals surface area contributed by atoms with Crippen molar-refractivity contribution in [3.63, 3.8) is 0 Å². The number of unbranched alkanes of at least 4 members (excludes halogenated alkanes) is 1. The van der Waals surface area contributed by atoms with E-state index in [0.717, 1.165) is 19.3 Å². The van der Waals surface area contributed by atoms with Crippen LogP contribution >= 0.6 is 12.4 Å². The fourth-order valence-corrected chi connectivity index (χ4v) is 3.39. The van der Waals surface area contributed by atoms with Crippen LogP contribution in [0.5, 0.6) is 0 Å². The van der Waals surface area contributed by atoms with Crippen LogP contribution in [0, 0.1) is 5.92 Å². The number of nitrogens with two attached hydrogens (primary N) is 1. The van der Waals surface area contributed by atoms with Gasteiger partial charge in [-0.15, -0.1) is 12.4 Å². The molecule has 1 aliphatic heterocycles. The standard InChI is InChI=1S/C15H28N2O2.ClH/c1-2-3-5-11-6-4-7-13(11)17-15(18)14-9-8-12(10-16)19-14;/h11-14H,2-10,16H2,1H3,(H,17,18);1H/t11?,12-,13?,14+;/m1./s1. The normalized spacial score (nSPS) is 32.9. The third-order valence-electron chi connectivity index (χ3n) is 4.58. The van der Waals surface area contributed by atoms with Gasteiger partial charge in [0.25, 0.3) is 0 Å². The Kier molecular flexibility index (Phi) is 7.85. The van der Waals surface area contributed by atoms with Gasteiger partial charge in [0.05, 0.1) is 6.10 Å². The summed E-state index contributed by atoms with van der Waals surface area (Å²) in [5, 5.41) is 3.22. The molecule has 0 aromatic heterocycles. The number of rotatable bonds is 6. The van der Waals surface area contributed by atoms with Crippen LogP contribution in [0.15, 0.2) is 0 Å². The summed E-state index contributed by atoms with van der Waals surface area (Å²) in [4.78, 5) is 12.2. The van der Waals surface area contributed by atoms with Crippen molar-refractivity contribution in [3.05, 3.63) is 0 Å². The molecule has 0 spiro atoms. The molecule has 0 bridgehead atoms. The highest BCUT2D eigenvalue weighted by Crippen LogP contribution is 2.30. The first-order chi connectivity index (χ1) is 9.24. The van der Waals surface area contributed by atoms with E-state index in [-0.39, 0.29) is 30.5 Å². The number of hydrogen-bond acceptors (Lipinski definition) is 3. The van der Waals surface area contributed by atoms with Crippen molar-refractivity contribution in [2.24, 2.45) is 11.7 Å². The molecule has 1 aliphatic carbocycles. The van der Waals surface area contributed by atoms with Crippen LogP contribution in [0.2, 0.25) is 0 Å². The molecule has 0 aromatic carbocycles. The van der Waals surface area contributed by atoms with E-state index in [2.05, 4.69) is 12.2 Å². The van der Waals surface area contributed by atoms with E-state index in [4.69, 9.17) is 10.5 Å². The van der Waals surface area contributed by atoms with Gasteiger partial charge in [0.1, 0.15) is 6.10 Å². The lowest BCUT2D eigenvalue weighted by molar-refractivity contribution is -0.132. The van der Waals surface area contributed by atoms with Gasteiger partial charge in [-0.1, -0.05) is 26.2 Å². The van der Waals surface area contributed by atoms with Crippen LogP contribution in [-0.4, -0.2) is 30.7 Å². The lowest BCUT2D eigenvalue weighted by Gasteiger charge is -2.22. The van der Waals surface area contributed by atoms with Gasteiger partial charge < -0.3 is 15.8 Å². The van der Waals surface area contributed by atoms with Crippen molar-refractivity contribution in [3.8, 4) is 0 Å². The van der Waals surface area contributed by atoms with Crippen molar-refractivity contribution >= 4 is 18.3 Å². The molecular formula is C15H29ClN2O2. The molecule has 118 valence electrons. The molecule has 0 radical (unpaired) electrons. The minimum Gasteiger partial charge on any atom is -0.364 e. The molecule has 2 unspecified atom stereocenters. The van der Waals surface area contributed by atoms with Crippen LogP contribution in [0.3, 0.4) is 0 Å². The smallest absolute Gasteiger partial charge is 0.249 e. The molecule has 3 N–H and O–H groups in total. The van der Waals surface area contributed by atoms with E-state index in [9.17, 15) is 4.79 Å². The Morgan fingerprint density at radius 3 is 2.75 bits per heavy atom. The zero-order chi connectivity index (χ0) is 13.7.